The molecule has 0 bridgehead atoms. The number of carbonyl (C=O) groups is 1. The van der Waals surface area contributed by atoms with Gasteiger partial charge >= 0.3 is 0 Å². The number of amidine groups is 1. The van der Waals surface area contributed by atoms with Crippen molar-refractivity contribution in [2.75, 3.05) is 4.90 Å². The first-order valence-electron chi connectivity index (χ1n) is 8.88. The van der Waals surface area contributed by atoms with E-state index in [0.29, 0.717) is 5.69 Å². The number of aromatic hydroxyl groups is 1. The molecule has 1 amide bonds. The zero-order chi connectivity index (χ0) is 21.3. The van der Waals surface area contributed by atoms with Crippen molar-refractivity contribution in [1.29, 1.82) is 0 Å². The van der Waals surface area contributed by atoms with Crippen molar-refractivity contribution in [1.82, 2.24) is 0 Å². The van der Waals surface area contributed by atoms with E-state index in [1.54, 1.807) is 12.1 Å². The van der Waals surface area contributed by atoms with Gasteiger partial charge in [0, 0.05) is 6.07 Å². The maximum Gasteiger partial charge on any atom is 0.282 e. The number of nitrogens with zero attached hydrogens (tertiary/aromatic N) is 3. The molecule has 1 aliphatic rings. The second-order valence-electron chi connectivity index (χ2n) is 6.42. The van der Waals surface area contributed by atoms with Crippen molar-refractivity contribution in [2.24, 2.45) is 4.99 Å². The van der Waals surface area contributed by atoms with Crippen LogP contribution in [0.2, 0.25) is 0 Å². The summed E-state index contributed by atoms with van der Waals surface area (Å²) in [6.07, 6.45) is 1.31. The third-order valence-corrected chi connectivity index (χ3v) is 4.51. The lowest BCUT2D eigenvalue weighted by atomic mass is 10.1. The number of nitro benzene ring substituents is 1. The minimum atomic E-state index is -0.572. The number of carbonyl (C=O) groups excluding carboxylic acids is 1. The molecule has 8 heteroatoms. The molecule has 3 aromatic rings. The highest BCUT2D eigenvalue weighted by atomic mass is 19.1. The molecule has 1 aliphatic heterocycles. The first-order chi connectivity index (χ1) is 14.5. The van der Waals surface area contributed by atoms with Crippen molar-refractivity contribution >= 4 is 29.2 Å². The standard InChI is InChI=1S/C22H14FN3O4/c23-18-7-3-2-6-17(18)21-24-19(13-14-5-1-4-8-20(14)26(29)30)22(28)25(21)15-9-11-16(27)12-10-15/h1-13,27H/b19-13+. The molecule has 7 nitrogen and oxygen atoms in total. The number of hydrogen-bond donors (Lipinski definition) is 1. The molecule has 0 radical (unpaired) electrons. The van der Waals surface area contributed by atoms with Crippen LogP contribution in [0.1, 0.15) is 11.1 Å². The molecule has 0 unspecified atom stereocenters. The van der Waals surface area contributed by atoms with Crippen LogP contribution in [-0.4, -0.2) is 21.8 Å². The Morgan fingerprint density at radius 2 is 1.67 bits per heavy atom. The maximum absolute atomic E-state index is 14.5. The number of rotatable bonds is 4. The van der Waals surface area contributed by atoms with Crippen LogP contribution >= 0.6 is 0 Å². The average molecular weight is 403 g/mol. The highest BCUT2D eigenvalue weighted by Crippen LogP contribution is 2.31. The number of aliphatic imine (C=N–C) groups is 1. The summed E-state index contributed by atoms with van der Waals surface area (Å²) in [5, 5.41) is 20.9. The Balaban J connectivity index is 1.88. The molecule has 0 atom stereocenters. The zero-order valence-corrected chi connectivity index (χ0v) is 15.4. The van der Waals surface area contributed by atoms with Crippen LogP contribution in [0.25, 0.3) is 6.08 Å². The third-order valence-electron chi connectivity index (χ3n) is 4.51. The summed E-state index contributed by atoms with van der Waals surface area (Å²) in [6.45, 7) is 0. The number of hydrogen-bond acceptors (Lipinski definition) is 5. The van der Waals surface area contributed by atoms with Crippen molar-refractivity contribution in [3.63, 3.8) is 0 Å². The van der Waals surface area contributed by atoms with Gasteiger partial charge in [0.2, 0.25) is 0 Å². The van der Waals surface area contributed by atoms with Gasteiger partial charge in [0.15, 0.2) is 5.84 Å². The van der Waals surface area contributed by atoms with Gasteiger partial charge in [-0.2, -0.15) is 0 Å². The lowest BCUT2D eigenvalue weighted by molar-refractivity contribution is -0.385. The number of halogens is 1. The molecule has 3 aromatic carbocycles. The molecular weight excluding hydrogens is 389 g/mol. The fourth-order valence-electron chi connectivity index (χ4n) is 3.10. The summed E-state index contributed by atoms with van der Waals surface area (Å²) in [7, 11) is 0. The van der Waals surface area contributed by atoms with Crippen LogP contribution in [-0.2, 0) is 4.79 Å². The minimum absolute atomic E-state index is 0.00505. The number of amides is 1. The fraction of sp³-hybridized carbons (Fsp3) is 0. The molecule has 0 fully saturated rings. The number of benzene rings is 3. The van der Waals surface area contributed by atoms with E-state index in [4.69, 9.17) is 0 Å². The third kappa shape index (κ3) is 3.42. The lowest BCUT2D eigenvalue weighted by Gasteiger charge is -2.18. The molecule has 4 rings (SSSR count). The highest BCUT2D eigenvalue weighted by Gasteiger charge is 2.34. The SMILES string of the molecule is O=C1/C(=C\c2ccccc2[N+](=O)[O-])N=C(c2ccccc2F)N1c1ccc(O)cc1. The molecule has 148 valence electrons. The van der Waals surface area contributed by atoms with Crippen LogP contribution in [0.5, 0.6) is 5.75 Å². The Labute approximate surface area is 170 Å². The average Bonchev–Trinajstić information content (AvgIpc) is 3.05. The highest BCUT2D eigenvalue weighted by molar-refractivity contribution is 6.33. The Morgan fingerprint density at radius 1 is 1.00 bits per heavy atom. The van der Waals surface area contributed by atoms with Gasteiger partial charge in [-0.25, -0.2) is 9.38 Å². The Kier molecular flexibility index (Phi) is 4.81. The van der Waals surface area contributed by atoms with Crippen molar-refractivity contribution in [2.45, 2.75) is 0 Å². The van der Waals surface area contributed by atoms with E-state index >= 15 is 0 Å². The summed E-state index contributed by atoms with van der Waals surface area (Å²) < 4.78 is 14.5. The van der Waals surface area contributed by atoms with Gasteiger partial charge < -0.3 is 5.11 Å². The van der Waals surface area contributed by atoms with Crippen LogP contribution in [0.4, 0.5) is 15.8 Å². The number of para-hydroxylation sites is 1. The van der Waals surface area contributed by atoms with Gasteiger partial charge in [0.1, 0.15) is 17.3 Å². The zero-order valence-electron chi connectivity index (χ0n) is 15.4. The summed E-state index contributed by atoms with van der Waals surface area (Å²) in [6, 6.07) is 17.6. The van der Waals surface area contributed by atoms with E-state index in [9.17, 15) is 24.4 Å². The lowest BCUT2D eigenvalue weighted by Crippen LogP contribution is -2.33. The van der Waals surface area contributed by atoms with Crippen LogP contribution < -0.4 is 4.90 Å². The molecule has 1 heterocycles. The molecule has 1 N–H and O–H groups in total. The molecule has 0 aromatic heterocycles. The van der Waals surface area contributed by atoms with Gasteiger partial charge in [-0.05, 0) is 48.5 Å². The van der Waals surface area contributed by atoms with Gasteiger partial charge in [0.05, 0.1) is 21.7 Å². The molecule has 30 heavy (non-hydrogen) atoms. The van der Waals surface area contributed by atoms with Gasteiger partial charge in [-0.1, -0.05) is 24.3 Å². The number of nitro groups is 1. The second kappa shape index (κ2) is 7.59. The summed E-state index contributed by atoms with van der Waals surface area (Å²) >= 11 is 0. The number of anilines is 1. The van der Waals surface area contributed by atoms with E-state index in [1.165, 1.54) is 71.6 Å². The molecule has 0 saturated carbocycles. The van der Waals surface area contributed by atoms with E-state index in [-0.39, 0.29) is 34.1 Å². The minimum Gasteiger partial charge on any atom is -0.508 e. The maximum atomic E-state index is 14.5. The van der Waals surface area contributed by atoms with Gasteiger partial charge in [-0.3, -0.25) is 19.8 Å². The number of phenolic OH excluding ortho intramolecular Hbond substituents is 1. The Bertz CT molecular complexity index is 1220. The first-order valence-corrected chi connectivity index (χ1v) is 8.88. The molecular formula is C22H14FN3O4. The first kappa shape index (κ1) is 19.0. The largest absolute Gasteiger partial charge is 0.508 e. The van der Waals surface area contributed by atoms with Crippen molar-refractivity contribution in [3.05, 3.63) is 106 Å². The molecule has 0 spiro atoms. The van der Waals surface area contributed by atoms with E-state index < -0.39 is 16.6 Å². The second-order valence-corrected chi connectivity index (χ2v) is 6.42. The predicted octanol–water partition coefficient (Wildman–Crippen LogP) is 4.27. The molecule has 0 saturated heterocycles. The quantitative estimate of drug-likeness (QED) is 0.400. The summed E-state index contributed by atoms with van der Waals surface area (Å²) in [4.78, 5) is 29.4. The van der Waals surface area contributed by atoms with Crippen LogP contribution in [0.15, 0.2) is 83.5 Å². The van der Waals surface area contributed by atoms with Crippen molar-refractivity contribution < 1.29 is 19.2 Å². The predicted molar refractivity (Wildman–Crippen MR) is 110 cm³/mol. The Hall–Kier alpha value is -4.33. The van der Waals surface area contributed by atoms with Crippen molar-refractivity contribution in [3.8, 4) is 5.75 Å². The fourth-order valence-corrected chi connectivity index (χ4v) is 3.10. The smallest absolute Gasteiger partial charge is 0.282 e. The van der Waals surface area contributed by atoms with Gasteiger partial charge in [0.25, 0.3) is 11.6 Å². The topological polar surface area (TPSA) is 96.0 Å². The summed E-state index contributed by atoms with van der Waals surface area (Å²) in [5.74, 6) is -1.09. The van der Waals surface area contributed by atoms with E-state index in [2.05, 4.69) is 4.99 Å². The molecule has 0 aliphatic carbocycles. The van der Waals surface area contributed by atoms with Gasteiger partial charge in [-0.15, -0.1) is 0 Å². The Morgan fingerprint density at radius 3 is 2.37 bits per heavy atom. The monoisotopic (exact) mass is 403 g/mol. The van der Waals surface area contributed by atoms with E-state index in [0.717, 1.165) is 0 Å². The van der Waals surface area contributed by atoms with E-state index in [1.807, 2.05) is 0 Å². The number of phenols is 1. The summed E-state index contributed by atoms with van der Waals surface area (Å²) in [5.41, 5.74) is 0.421. The van der Waals surface area contributed by atoms with Crippen LogP contribution in [0, 0.1) is 15.9 Å². The van der Waals surface area contributed by atoms with Crippen LogP contribution in [0.3, 0.4) is 0 Å². The normalized spacial score (nSPS) is 14.8.